The summed E-state index contributed by atoms with van der Waals surface area (Å²) in [6.07, 6.45) is 1.26. The van der Waals surface area contributed by atoms with Crippen LogP contribution >= 0.6 is 0 Å². The van der Waals surface area contributed by atoms with E-state index in [9.17, 15) is 0 Å². The molecule has 0 bridgehead atoms. The lowest BCUT2D eigenvalue weighted by molar-refractivity contribution is 0.298. The molecule has 0 saturated carbocycles. The van der Waals surface area contributed by atoms with Crippen LogP contribution in [0.15, 0.2) is 0 Å². The van der Waals surface area contributed by atoms with E-state index in [1.807, 2.05) is 0 Å². The summed E-state index contributed by atoms with van der Waals surface area (Å²) in [6.45, 7) is 11.6. The summed E-state index contributed by atoms with van der Waals surface area (Å²) < 4.78 is 0. The van der Waals surface area contributed by atoms with Gasteiger partial charge in [0.1, 0.15) is 0 Å². The fourth-order valence-electron chi connectivity index (χ4n) is 1.95. The first-order valence-electron chi connectivity index (χ1n) is 5.56. The van der Waals surface area contributed by atoms with Crippen LogP contribution in [-0.4, -0.2) is 31.1 Å². The number of nitrogens with two attached hydrogens (primary N) is 1. The molecule has 0 aliphatic carbocycles. The van der Waals surface area contributed by atoms with Gasteiger partial charge in [-0.15, -0.1) is 0 Å². The van der Waals surface area contributed by atoms with Gasteiger partial charge >= 0.3 is 0 Å². The Morgan fingerprint density at radius 1 is 1.31 bits per heavy atom. The first kappa shape index (κ1) is 11.0. The Labute approximate surface area is 82.5 Å². The van der Waals surface area contributed by atoms with Gasteiger partial charge in [0.15, 0.2) is 0 Å². The summed E-state index contributed by atoms with van der Waals surface area (Å²) in [4.78, 5) is 2.58. The molecule has 1 saturated heterocycles. The topological polar surface area (TPSA) is 29.3 Å². The van der Waals surface area contributed by atoms with Crippen LogP contribution in [0.2, 0.25) is 0 Å². The smallest absolute Gasteiger partial charge is 0.00102 e. The van der Waals surface area contributed by atoms with Gasteiger partial charge in [0.25, 0.3) is 0 Å². The van der Waals surface area contributed by atoms with Gasteiger partial charge in [0.2, 0.25) is 0 Å². The monoisotopic (exact) mass is 184 g/mol. The highest BCUT2D eigenvalue weighted by atomic mass is 15.1. The Morgan fingerprint density at radius 2 is 1.85 bits per heavy atom. The van der Waals surface area contributed by atoms with Gasteiger partial charge in [0, 0.05) is 13.1 Å². The molecule has 0 spiro atoms. The lowest BCUT2D eigenvalue weighted by Crippen LogP contribution is -2.25. The third-order valence-corrected chi connectivity index (χ3v) is 3.40. The molecule has 3 unspecified atom stereocenters. The molecule has 0 aromatic carbocycles. The van der Waals surface area contributed by atoms with Crippen molar-refractivity contribution in [2.75, 3.05) is 26.2 Å². The zero-order valence-electron chi connectivity index (χ0n) is 9.29. The third kappa shape index (κ3) is 3.28. The highest BCUT2D eigenvalue weighted by molar-refractivity contribution is 4.78. The Kier molecular flexibility index (Phi) is 4.20. The van der Waals surface area contributed by atoms with Gasteiger partial charge < -0.3 is 10.6 Å². The average Bonchev–Trinajstić information content (AvgIpc) is 2.42. The molecular weight excluding hydrogens is 160 g/mol. The molecule has 0 radical (unpaired) electrons. The highest BCUT2D eigenvalue weighted by Crippen LogP contribution is 2.22. The van der Waals surface area contributed by atoms with Crippen molar-refractivity contribution >= 4 is 0 Å². The van der Waals surface area contributed by atoms with Crippen molar-refractivity contribution in [3.05, 3.63) is 0 Å². The number of hydrogen-bond acceptors (Lipinski definition) is 2. The number of nitrogens with zero attached hydrogens (tertiary/aromatic N) is 1. The van der Waals surface area contributed by atoms with Gasteiger partial charge in [-0.2, -0.15) is 0 Å². The molecular formula is C11H24N2. The molecule has 0 aromatic rings. The normalized spacial score (nSPS) is 32.3. The second-order valence-electron chi connectivity index (χ2n) is 4.84. The molecule has 13 heavy (non-hydrogen) atoms. The van der Waals surface area contributed by atoms with Crippen LogP contribution in [0.1, 0.15) is 27.2 Å². The Hall–Kier alpha value is -0.0800. The van der Waals surface area contributed by atoms with Gasteiger partial charge in [-0.1, -0.05) is 20.8 Å². The minimum atomic E-state index is 0.686. The van der Waals surface area contributed by atoms with Gasteiger partial charge in [0.05, 0.1) is 0 Å². The second kappa shape index (κ2) is 4.97. The quantitative estimate of drug-likeness (QED) is 0.718. The summed E-state index contributed by atoms with van der Waals surface area (Å²) in [5, 5.41) is 0. The molecule has 1 fully saturated rings. The third-order valence-electron chi connectivity index (χ3n) is 3.40. The van der Waals surface area contributed by atoms with Crippen LogP contribution in [0.4, 0.5) is 0 Å². The molecule has 1 aliphatic heterocycles. The standard InChI is InChI=1S/C11H24N2/c1-9(6-12)4-5-13-7-10(2)11(3)8-13/h9-11H,4-8,12H2,1-3H3. The largest absolute Gasteiger partial charge is 0.330 e. The van der Waals surface area contributed by atoms with E-state index < -0.39 is 0 Å². The van der Waals surface area contributed by atoms with Crippen molar-refractivity contribution in [2.45, 2.75) is 27.2 Å². The predicted molar refractivity (Wildman–Crippen MR) is 57.6 cm³/mol. The van der Waals surface area contributed by atoms with E-state index in [0.29, 0.717) is 5.92 Å². The summed E-state index contributed by atoms with van der Waals surface area (Å²) in [7, 11) is 0. The SMILES string of the molecule is CC(CN)CCN1CC(C)C(C)C1. The maximum atomic E-state index is 5.59. The zero-order valence-corrected chi connectivity index (χ0v) is 9.29. The van der Waals surface area contributed by atoms with E-state index in [1.54, 1.807) is 0 Å². The van der Waals surface area contributed by atoms with E-state index in [-0.39, 0.29) is 0 Å². The van der Waals surface area contributed by atoms with E-state index >= 15 is 0 Å². The first-order chi connectivity index (χ1) is 6.13. The van der Waals surface area contributed by atoms with Crippen LogP contribution in [0, 0.1) is 17.8 Å². The highest BCUT2D eigenvalue weighted by Gasteiger charge is 2.25. The molecule has 0 amide bonds. The second-order valence-corrected chi connectivity index (χ2v) is 4.84. The van der Waals surface area contributed by atoms with E-state index in [0.717, 1.165) is 18.4 Å². The molecule has 3 atom stereocenters. The summed E-state index contributed by atoms with van der Waals surface area (Å²) in [6, 6.07) is 0. The average molecular weight is 184 g/mol. The van der Waals surface area contributed by atoms with E-state index in [4.69, 9.17) is 5.73 Å². The molecule has 0 aromatic heterocycles. The lowest BCUT2D eigenvalue weighted by atomic mass is 10.0. The van der Waals surface area contributed by atoms with Gasteiger partial charge in [-0.25, -0.2) is 0 Å². The fourth-order valence-corrected chi connectivity index (χ4v) is 1.95. The molecule has 1 aliphatic rings. The first-order valence-corrected chi connectivity index (χ1v) is 5.56. The van der Waals surface area contributed by atoms with Gasteiger partial charge in [-0.3, -0.25) is 0 Å². The Morgan fingerprint density at radius 3 is 2.31 bits per heavy atom. The van der Waals surface area contributed by atoms with Crippen molar-refractivity contribution in [1.29, 1.82) is 0 Å². The van der Waals surface area contributed by atoms with Crippen LogP contribution in [-0.2, 0) is 0 Å². The minimum absolute atomic E-state index is 0.686. The Bertz CT molecular complexity index is 137. The maximum Gasteiger partial charge on any atom is 0.00102 e. The summed E-state index contributed by atoms with van der Waals surface area (Å²) >= 11 is 0. The van der Waals surface area contributed by atoms with Gasteiger partial charge in [-0.05, 0) is 37.3 Å². The van der Waals surface area contributed by atoms with Crippen LogP contribution < -0.4 is 5.73 Å². The van der Waals surface area contributed by atoms with Crippen molar-refractivity contribution in [2.24, 2.45) is 23.5 Å². The van der Waals surface area contributed by atoms with Crippen molar-refractivity contribution in [3.8, 4) is 0 Å². The Balaban J connectivity index is 2.17. The van der Waals surface area contributed by atoms with E-state index in [1.165, 1.54) is 26.1 Å². The molecule has 1 heterocycles. The van der Waals surface area contributed by atoms with Crippen molar-refractivity contribution in [1.82, 2.24) is 4.90 Å². The van der Waals surface area contributed by atoms with Crippen LogP contribution in [0.25, 0.3) is 0 Å². The fraction of sp³-hybridized carbons (Fsp3) is 1.00. The van der Waals surface area contributed by atoms with Crippen molar-refractivity contribution < 1.29 is 0 Å². The molecule has 2 N–H and O–H groups in total. The maximum absolute atomic E-state index is 5.59. The van der Waals surface area contributed by atoms with E-state index in [2.05, 4.69) is 25.7 Å². The molecule has 1 rings (SSSR count). The number of rotatable bonds is 4. The molecule has 2 nitrogen and oxygen atoms in total. The number of likely N-dealkylation sites (tertiary alicyclic amines) is 1. The zero-order chi connectivity index (χ0) is 9.84. The molecule has 78 valence electrons. The van der Waals surface area contributed by atoms with Crippen molar-refractivity contribution in [3.63, 3.8) is 0 Å². The molecule has 2 heteroatoms. The number of hydrogen-bond donors (Lipinski definition) is 1. The van der Waals surface area contributed by atoms with Crippen LogP contribution in [0.3, 0.4) is 0 Å². The van der Waals surface area contributed by atoms with Crippen LogP contribution in [0.5, 0.6) is 0 Å². The summed E-state index contributed by atoms with van der Waals surface area (Å²) in [5.41, 5.74) is 5.59. The lowest BCUT2D eigenvalue weighted by Gasteiger charge is -2.17. The summed E-state index contributed by atoms with van der Waals surface area (Å²) in [5.74, 6) is 2.45. The minimum Gasteiger partial charge on any atom is -0.330 e. The predicted octanol–water partition coefficient (Wildman–Crippen LogP) is 1.56.